The van der Waals surface area contributed by atoms with Gasteiger partial charge in [-0.25, -0.2) is 0 Å². The predicted octanol–water partition coefficient (Wildman–Crippen LogP) is 3.67. The van der Waals surface area contributed by atoms with Crippen molar-refractivity contribution in [3.8, 4) is 5.75 Å². The van der Waals surface area contributed by atoms with E-state index >= 15 is 0 Å². The van der Waals surface area contributed by atoms with E-state index in [1.807, 2.05) is 43.5 Å². The van der Waals surface area contributed by atoms with Crippen molar-refractivity contribution in [1.82, 2.24) is 4.90 Å². The van der Waals surface area contributed by atoms with E-state index in [9.17, 15) is 4.79 Å². The Kier molecular flexibility index (Phi) is 5.33. The molecular formula is C16H19NO3S. The highest BCUT2D eigenvalue weighted by Crippen LogP contribution is 2.20. The summed E-state index contributed by atoms with van der Waals surface area (Å²) in [6, 6.07) is 11.3. The Balaban J connectivity index is 1.99. The molecule has 112 valence electrons. The van der Waals surface area contributed by atoms with Gasteiger partial charge in [-0.15, -0.1) is 0 Å². The van der Waals surface area contributed by atoms with E-state index < -0.39 is 0 Å². The van der Waals surface area contributed by atoms with Crippen LogP contribution in [-0.4, -0.2) is 30.7 Å². The van der Waals surface area contributed by atoms with Crippen LogP contribution in [0.2, 0.25) is 0 Å². The lowest BCUT2D eigenvalue weighted by atomic mass is 10.2. The molecular weight excluding hydrogens is 286 g/mol. The topological polar surface area (TPSA) is 42.7 Å². The van der Waals surface area contributed by atoms with E-state index in [4.69, 9.17) is 9.15 Å². The number of carbonyl (C=O) groups excluding carboxylic acids is 1. The molecule has 2 aromatic rings. The maximum atomic E-state index is 12.2. The maximum absolute atomic E-state index is 12.2. The number of thioether (sulfide) groups is 1. The van der Waals surface area contributed by atoms with E-state index in [1.54, 1.807) is 18.0 Å². The third-order valence-corrected chi connectivity index (χ3v) is 3.62. The molecule has 1 amide bonds. The SMILES string of the molecule is CCOc1ccc(CN(C)C(=O)c2ccc(SC)o2)cc1. The lowest BCUT2D eigenvalue weighted by Crippen LogP contribution is -2.25. The van der Waals surface area contributed by atoms with E-state index in [0.29, 0.717) is 18.9 Å². The molecule has 1 heterocycles. The standard InChI is InChI=1S/C16H19NO3S/c1-4-19-13-7-5-12(6-8-13)11-17(2)16(18)14-9-10-15(20-14)21-3/h5-10H,4,11H2,1-3H3. The molecule has 0 spiro atoms. The van der Waals surface area contributed by atoms with Crippen molar-refractivity contribution in [1.29, 1.82) is 0 Å². The minimum atomic E-state index is -0.121. The average Bonchev–Trinajstić information content (AvgIpc) is 2.97. The number of carbonyl (C=O) groups is 1. The Morgan fingerprint density at radius 3 is 2.52 bits per heavy atom. The molecule has 0 atom stereocenters. The predicted molar refractivity (Wildman–Crippen MR) is 83.9 cm³/mol. The number of amides is 1. The first kappa shape index (κ1) is 15.5. The number of furan rings is 1. The molecule has 0 aliphatic carbocycles. The van der Waals surface area contributed by atoms with Crippen LogP contribution in [0, 0.1) is 0 Å². The van der Waals surface area contributed by atoms with E-state index in [0.717, 1.165) is 16.4 Å². The largest absolute Gasteiger partial charge is 0.494 e. The summed E-state index contributed by atoms with van der Waals surface area (Å²) in [5.41, 5.74) is 1.05. The zero-order valence-electron chi connectivity index (χ0n) is 12.5. The third kappa shape index (κ3) is 4.04. The number of nitrogens with zero attached hydrogens (tertiary/aromatic N) is 1. The van der Waals surface area contributed by atoms with E-state index in [-0.39, 0.29) is 5.91 Å². The third-order valence-electron chi connectivity index (χ3n) is 2.99. The van der Waals surface area contributed by atoms with Crippen molar-refractivity contribution < 1.29 is 13.9 Å². The molecule has 0 radical (unpaired) electrons. The number of hydrogen-bond acceptors (Lipinski definition) is 4. The van der Waals surface area contributed by atoms with Crippen LogP contribution in [-0.2, 0) is 6.54 Å². The number of hydrogen-bond donors (Lipinski definition) is 0. The fourth-order valence-corrected chi connectivity index (χ4v) is 2.31. The van der Waals surface area contributed by atoms with Crippen molar-refractivity contribution in [2.75, 3.05) is 19.9 Å². The van der Waals surface area contributed by atoms with Crippen LogP contribution in [0.1, 0.15) is 23.0 Å². The molecule has 0 unspecified atom stereocenters. The Hall–Kier alpha value is -1.88. The second-order valence-corrected chi connectivity index (χ2v) is 5.37. The van der Waals surface area contributed by atoms with Gasteiger partial charge in [-0.1, -0.05) is 23.9 Å². The van der Waals surface area contributed by atoms with Crippen LogP contribution in [0.25, 0.3) is 0 Å². The fraction of sp³-hybridized carbons (Fsp3) is 0.312. The molecule has 0 N–H and O–H groups in total. The fourth-order valence-electron chi connectivity index (χ4n) is 1.94. The molecule has 0 fully saturated rings. The average molecular weight is 305 g/mol. The van der Waals surface area contributed by atoms with Gasteiger partial charge >= 0.3 is 0 Å². The van der Waals surface area contributed by atoms with Gasteiger partial charge in [0.05, 0.1) is 6.61 Å². The quantitative estimate of drug-likeness (QED) is 0.764. The first-order chi connectivity index (χ1) is 10.1. The highest BCUT2D eigenvalue weighted by Gasteiger charge is 2.16. The molecule has 21 heavy (non-hydrogen) atoms. The van der Waals surface area contributed by atoms with E-state index in [1.165, 1.54) is 11.8 Å². The molecule has 1 aromatic heterocycles. The molecule has 4 nitrogen and oxygen atoms in total. The molecule has 0 aliphatic heterocycles. The summed E-state index contributed by atoms with van der Waals surface area (Å²) in [6.45, 7) is 3.13. The number of benzene rings is 1. The van der Waals surface area contributed by atoms with Gasteiger partial charge in [0.1, 0.15) is 5.75 Å². The number of rotatable bonds is 6. The van der Waals surface area contributed by atoms with Crippen LogP contribution in [0.15, 0.2) is 45.9 Å². The maximum Gasteiger partial charge on any atom is 0.289 e. The first-order valence-corrected chi connectivity index (χ1v) is 7.97. The summed E-state index contributed by atoms with van der Waals surface area (Å²) in [6.07, 6.45) is 1.91. The van der Waals surface area contributed by atoms with Gasteiger partial charge in [0.2, 0.25) is 0 Å². The summed E-state index contributed by atoms with van der Waals surface area (Å²) >= 11 is 1.48. The number of ether oxygens (including phenoxy) is 1. The van der Waals surface area contributed by atoms with Gasteiger partial charge in [-0.05, 0) is 43.0 Å². The van der Waals surface area contributed by atoms with Crippen molar-refractivity contribution in [2.45, 2.75) is 18.6 Å². The molecule has 0 saturated carbocycles. The van der Waals surface area contributed by atoms with Crippen molar-refractivity contribution in [3.63, 3.8) is 0 Å². The Morgan fingerprint density at radius 1 is 1.24 bits per heavy atom. The minimum absolute atomic E-state index is 0.121. The van der Waals surface area contributed by atoms with Crippen molar-refractivity contribution in [2.24, 2.45) is 0 Å². The molecule has 0 saturated heterocycles. The summed E-state index contributed by atoms with van der Waals surface area (Å²) in [7, 11) is 1.76. The van der Waals surface area contributed by atoms with Gasteiger partial charge in [0.25, 0.3) is 5.91 Å². The minimum Gasteiger partial charge on any atom is -0.494 e. The normalized spacial score (nSPS) is 10.4. The van der Waals surface area contributed by atoms with Crippen LogP contribution in [0.3, 0.4) is 0 Å². The first-order valence-electron chi connectivity index (χ1n) is 6.75. The molecule has 2 rings (SSSR count). The van der Waals surface area contributed by atoms with Gasteiger partial charge in [0, 0.05) is 13.6 Å². The van der Waals surface area contributed by atoms with Crippen LogP contribution in [0.5, 0.6) is 5.75 Å². The van der Waals surface area contributed by atoms with Gasteiger partial charge in [0.15, 0.2) is 10.9 Å². The van der Waals surface area contributed by atoms with Gasteiger partial charge in [-0.2, -0.15) is 0 Å². The Labute approximate surface area is 129 Å². The Bertz CT molecular complexity index is 592. The molecule has 0 aliphatic rings. The summed E-state index contributed by atoms with van der Waals surface area (Å²) < 4.78 is 10.9. The van der Waals surface area contributed by atoms with Crippen molar-refractivity contribution in [3.05, 3.63) is 47.7 Å². The molecule has 5 heteroatoms. The second kappa shape index (κ2) is 7.22. The van der Waals surface area contributed by atoms with E-state index in [2.05, 4.69) is 0 Å². The summed E-state index contributed by atoms with van der Waals surface area (Å²) in [5.74, 6) is 1.09. The monoisotopic (exact) mass is 305 g/mol. The van der Waals surface area contributed by atoms with Gasteiger partial charge in [-0.3, -0.25) is 4.79 Å². The lowest BCUT2D eigenvalue weighted by Gasteiger charge is -2.16. The van der Waals surface area contributed by atoms with Crippen LogP contribution in [0.4, 0.5) is 0 Å². The highest BCUT2D eigenvalue weighted by molar-refractivity contribution is 7.98. The van der Waals surface area contributed by atoms with Crippen LogP contribution < -0.4 is 4.74 Å². The lowest BCUT2D eigenvalue weighted by molar-refractivity contribution is 0.0748. The van der Waals surface area contributed by atoms with Crippen LogP contribution >= 0.6 is 11.8 Å². The summed E-state index contributed by atoms with van der Waals surface area (Å²) in [5, 5.41) is 0.743. The summed E-state index contributed by atoms with van der Waals surface area (Å²) in [4.78, 5) is 13.9. The molecule has 1 aromatic carbocycles. The van der Waals surface area contributed by atoms with Gasteiger partial charge < -0.3 is 14.1 Å². The highest BCUT2D eigenvalue weighted by atomic mass is 32.2. The van der Waals surface area contributed by atoms with Crippen molar-refractivity contribution >= 4 is 17.7 Å². The Morgan fingerprint density at radius 2 is 1.95 bits per heavy atom. The zero-order chi connectivity index (χ0) is 15.2. The smallest absolute Gasteiger partial charge is 0.289 e. The molecule has 0 bridgehead atoms. The zero-order valence-corrected chi connectivity index (χ0v) is 13.3. The second-order valence-electron chi connectivity index (χ2n) is 4.56.